The number of methoxy groups -OCH3 is 2. The van der Waals surface area contributed by atoms with Gasteiger partial charge in [-0.25, -0.2) is 9.78 Å². The molecule has 0 fully saturated rings. The number of benzene rings is 1. The van der Waals surface area contributed by atoms with Crippen molar-refractivity contribution in [2.45, 2.75) is 33.4 Å². The third-order valence-corrected chi connectivity index (χ3v) is 4.71. The van der Waals surface area contributed by atoms with Crippen LogP contribution in [-0.4, -0.2) is 37.2 Å². The lowest BCUT2D eigenvalue weighted by molar-refractivity contribution is -0.129. The molecule has 0 unspecified atom stereocenters. The highest BCUT2D eigenvalue weighted by atomic mass is 32.1. The minimum atomic E-state index is -0.913. The number of rotatable bonds is 7. The van der Waals surface area contributed by atoms with Crippen LogP contribution in [0.1, 0.15) is 32.9 Å². The maximum absolute atomic E-state index is 12.2. The zero-order valence-corrected chi connectivity index (χ0v) is 16.2. The second-order valence-corrected chi connectivity index (χ2v) is 6.81. The van der Waals surface area contributed by atoms with E-state index >= 15 is 0 Å². The van der Waals surface area contributed by atoms with Crippen LogP contribution in [0.15, 0.2) is 18.2 Å². The SMILES string of the molecule is COc1ccc(CNC(=O)[C@H](C)OC(=O)c2sc(C)nc2C)cc1OC. The molecule has 0 saturated heterocycles. The van der Waals surface area contributed by atoms with E-state index in [1.807, 2.05) is 13.0 Å². The molecule has 8 heteroatoms. The van der Waals surface area contributed by atoms with Crippen LogP contribution >= 0.6 is 11.3 Å². The predicted octanol–water partition coefficient (Wildman–Crippen LogP) is 2.64. The number of aromatic nitrogens is 1. The van der Waals surface area contributed by atoms with E-state index in [1.165, 1.54) is 18.3 Å². The van der Waals surface area contributed by atoms with Gasteiger partial charge < -0.3 is 19.5 Å². The Hall–Kier alpha value is -2.61. The Balaban J connectivity index is 1.93. The topological polar surface area (TPSA) is 86.8 Å². The van der Waals surface area contributed by atoms with Gasteiger partial charge in [0.2, 0.25) is 0 Å². The molecular weight excluding hydrogens is 356 g/mol. The number of nitrogens with one attached hydrogen (secondary N) is 1. The molecule has 0 bridgehead atoms. The van der Waals surface area contributed by atoms with E-state index in [0.717, 1.165) is 10.6 Å². The van der Waals surface area contributed by atoms with Crippen molar-refractivity contribution >= 4 is 23.2 Å². The standard InChI is InChI=1S/C18H22N2O5S/c1-10-16(26-12(3)20-10)18(22)25-11(2)17(21)19-9-13-6-7-14(23-4)15(8-13)24-5/h6-8,11H,9H2,1-5H3,(H,19,21)/t11-/m0/s1. The lowest BCUT2D eigenvalue weighted by Gasteiger charge is -2.14. The summed E-state index contributed by atoms with van der Waals surface area (Å²) < 4.78 is 15.6. The lowest BCUT2D eigenvalue weighted by atomic mass is 10.2. The minimum Gasteiger partial charge on any atom is -0.493 e. The van der Waals surface area contributed by atoms with Crippen LogP contribution in [-0.2, 0) is 16.1 Å². The Morgan fingerprint density at radius 3 is 2.46 bits per heavy atom. The van der Waals surface area contributed by atoms with Gasteiger partial charge >= 0.3 is 5.97 Å². The van der Waals surface area contributed by atoms with E-state index in [1.54, 1.807) is 33.3 Å². The second-order valence-electron chi connectivity index (χ2n) is 5.60. The fourth-order valence-corrected chi connectivity index (χ4v) is 3.11. The van der Waals surface area contributed by atoms with Crippen LogP contribution in [0.25, 0.3) is 0 Å². The fourth-order valence-electron chi connectivity index (χ4n) is 2.31. The first-order valence-corrected chi connectivity index (χ1v) is 8.81. The van der Waals surface area contributed by atoms with Gasteiger partial charge in [-0.1, -0.05) is 6.07 Å². The van der Waals surface area contributed by atoms with Crippen molar-refractivity contribution < 1.29 is 23.8 Å². The number of aryl methyl sites for hydroxylation is 2. The molecule has 2 aromatic rings. The second kappa shape index (κ2) is 8.66. The number of carbonyl (C=O) groups is 2. The van der Waals surface area contributed by atoms with Crippen molar-refractivity contribution in [1.29, 1.82) is 0 Å². The molecule has 1 amide bonds. The van der Waals surface area contributed by atoms with Crippen molar-refractivity contribution in [2.24, 2.45) is 0 Å². The highest BCUT2D eigenvalue weighted by molar-refractivity contribution is 7.13. The van der Waals surface area contributed by atoms with Gasteiger partial charge in [0, 0.05) is 6.54 Å². The highest BCUT2D eigenvalue weighted by Crippen LogP contribution is 2.27. The largest absolute Gasteiger partial charge is 0.493 e. The smallest absolute Gasteiger partial charge is 0.351 e. The molecule has 0 radical (unpaired) electrons. The first kappa shape index (κ1) is 19.7. The third-order valence-electron chi connectivity index (χ3n) is 3.66. The van der Waals surface area contributed by atoms with Crippen LogP contribution < -0.4 is 14.8 Å². The first-order valence-electron chi connectivity index (χ1n) is 7.99. The normalized spacial score (nSPS) is 11.6. The number of hydrogen-bond acceptors (Lipinski definition) is 7. The van der Waals surface area contributed by atoms with Crippen LogP contribution in [0.5, 0.6) is 11.5 Å². The average molecular weight is 378 g/mol. The number of esters is 1. The monoisotopic (exact) mass is 378 g/mol. The Labute approximate surface area is 156 Å². The molecule has 1 aromatic carbocycles. The first-order chi connectivity index (χ1) is 12.3. The van der Waals surface area contributed by atoms with E-state index in [4.69, 9.17) is 14.2 Å². The van der Waals surface area contributed by atoms with Gasteiger partial charge in [-0.05, 0) is 38.5 Å². The summed E-state index contributed by atoms with van der Waals surface area (Å²) >= 11 is 1.25. The van der Waals surface area contributed by atoms with Crippen LogP contribution in [0.4, 0.5) is 0 Å². The summed E-state index contributed by atoms with van der Waals surface area (Å²) in [6.45, 7) is 5.36. The lowest BCUT2D eigenvalue weighted by Crippen LogP contribution is -2.35. The molecule has 1 aromatic heterocycles. The quantitative estimate of drug-likeness (QED) is 0.746. The van der Waals surface area contributed by atoms with Crippen LogP contribution in [0, 0.1) is 13.8 Å². The van der Waals surface area contributed by atoms with Gasteiger partial charge in [-0.15, -0.1) is 11.3 Å². The Kier molecular flexibility index (Phi) is 6.57. The van der Waals surface area contributed by atoms with Crippen molar-refractivity contribution in [1.82, 2.24) is 10.3 Å². The van der Waals surface area contributed by atoms with Crippen molar-refractivity contribution in [3.05, 3.63) is 39.3 Å². The van der Waals surface area contributed by atoms with Crippen molar-refractivity contribution in [2.75, 3.05) is 14.2 Å². The average Bonchev–Trinajstić information content (AvgIpc) is 2.97. The van der Waals surface area contributed by atoms with Crippen molar-refractivity contribution in [3.8, 4) is 11.5 Å². The van der Waals surface area contributed by atoms with E-state index in [2.05, 4.69) is 10.3 Å². The Morgan fingerprint density at radius 1 is 1.19 bits per heavy atom. The van der Waals surface area contributed by atoms with Crippen LogP contribution in [0.2, 0.25) is 0 Å². The number of ether oxygens (including phenoxy) is 3. The van der Waals surface area contributed by atoms with Gasteiger partial charge in [0.25, 0.3) is 5.91 Å². The molecule has 1 N–H and O–H groups in total. The van der Waals surface area contributed by atoms with E-state index < -0.39 is 12.1 Å². The molecule has 0 saturated carbocycles. The van der Waals surface area contributed by atoms with Crippen molar-refractivity contribution in [3.63, 3.8) is 0 Å². The van der Waals surface area contributed by atoms with E-state index in [9.17, 15) is 9.59 Å². The Bertz CT molecular complexity index is 803. The van der Waals surface area contributed by atoms with E-state index in [-0.39, 0.29) is 12.5 Å². The van der Waals surface area contributed by atoms with Gasteiger partial charge in [0.05, 0.1) is 24.9 Å². The molecule has 2 rings (SSSR count). The Morgan fingerprint density at radius 2 is 1.88 bits per heavy atom. The molecule has 0 aliphatic heterocycles. The van der Waals surface area contributed by atoms with Gasteiger partial charge in [-0.2, -0.15) is 0 Å². The summed E-state index contributed by atoms with van der Waals surface area (Å²) in [4.78, 5) is 29.0. The third kappa shape index (κ3) is 4.72. The number of amides is 1. The summed E-state index contributed by atoms with van der Waals surface area (Å²) in [5, 5.41) is 3.52. The molecule has 0 aliphatic carbocycles. The number of carbonyl (C=O) groups excluding carboxylic acids is 2. The summed E-state index contributed by atoms with van der Waals surface area (Å²) in [5.74, 6) is 0.267. The maximum Gasteiger partial charge on any atom is 0.351 e. The molecule has 26 heavy (non-hydrogen) atoms. The zero-order valence-electron chi connectivity index (χ0n) is 15.4. The molecule has 1 atom stereocenters. The van der Waals surface area contributed by atoms with Gasteiger partial charge in [-0.3, -0.25) is 4.79 Å². The fraction of sp³-hybridized carbons (Fsp3) is 0.389. The zero-order chi connectivity index (χ0) is 19.3. The number of nitrogens with zero attached hydrogens (tertiary/aromatic N) is 1. The van der Waals surface area contributed by atoms with E-state index in [0.29, 0.717) is 22.1 Å². The molecule has 0 spiro atoms. The van der Waals surface area contributed by atoms with Crippen LogP contribution in [0.3, 0.4) is 0 Å². The van der Waals surface area contributed by atoms with Gasteiger partial charge in [0.15, 0.2) is 17.6 Å². The minimum absolute atomic E-state index is 0.278. The number of hydrogen-bond donors (Lipinski definition) is 1. The predicted molar refractivity (Wildman–Crippen MR) is 97.9 cm³/mol. The molecule has 1 heterocycles. The number of thiazole rings is 1. The summed E-state index contributed by atoms with van der Waals surface area (Å²) in [5.41, 5.74) is 1.44. The maximum atomic E-state index is 12.2. The summed E-state index contributed by atoms with van der Waals surface area (Å²) in [7, 11) is 3.10. The van der Waals surface area contributed by atoms with Gasteiger partial charge in [0.1, 0.15) is 4.88 Å². The summed E-state index contributed by atoms with van der Waals surface area (Å²) in [6, 6.07) is 5.36. The molecular formula is C18H22N2O5S. The molecule has 0 aliphatic rings. The molecule has 140 valence electrons. The summed E-state index contributed by atoms with van der Waals surface area (Å²) in [6.07, 6.45) is -0.913. The highest BCUT2D eigenvalue weighted by Gasteiger charge is 2.22. The molecule has 7 nitrogen and oxygen atoms in total.